The Balaban J connectivity index is 1.72. The lowest BCUT2D eigenvalue weighted by atomic mass is 10.0. The van der Waals surface area contributed by atoms with E-state index >= 15 is 0 Å². The molecule has 0 saturated carbocycles. The molecule has 2 heterocycles. The first-order valence-corrected chi connectivity index (χ1v) is 6.49. The number of rotatable bonds is 4. The largest absolute Gasteiger partial charge is 0.480 e. The molecule has 1 atom stereocenters. The van der Waals surface area contributed by atoms with E-state index in [1.165, 1.54) is 0 Å². The van der Waals surface area contributed by atoms with E-state index < -0.39 is 5.97 Å². The topological polar surface area (TPSA) is 78.9 Å². The smallest absolute Gasteiger partial charge is 0.329 e. The number of hydrogen-bond donors (Lipinski definition) is 2. The summed E-state index contributed by atoms with van der Waals surface area (Å²) in [7, 11) is 0. The number of likely N-dealkylation sites (tertiary alicyclic amines) is 1. The zero-order chi connectivity index (χ0) is 13.0. The summed E-state index contributed by atoms with van der Waals surface area (Å²) in [4.78, 5) is 24.4. The summed E-state index contributed by atoms with van der Waals surface area (Å²) >= 11 is 0. The molecule has 2 saturated heterocycles. The van der Waals surface area contributed by atoms with Gasteiger partial charge in [-0.2, -0.15) is 0 Å². The number of carbonyl (C=O) groups is 2. The molecule has 0 aromatic rings. The minimum Gasteiger partial charge on any atom is -0.480 e. The van der Waals surface area contributed by atoms with Crippen molar-refractivity contribution in [2.75, 3.05) is 32.8 Å². The van der Waals surface area contributed by atoms with E-state index in [0.29, 0.717) is 13.1 Å². The number of piperidine rings is 1. The van der Waals surface area contributed by atoms with Gasteiger partial charge in [-0.05, 0) is 25.8 Å². The van der Waals surface area contributed by atoms with Crippen LogP contribution in [0.1, 0.15) is 19.3 Å². The number of hydrogen-bond acceptors (Lipinski definition) is 4. The third-order valence-corrected chi connectivity index (χ3v) is 3.61. The number of carboxylic acid groups (broad SMARTS) is 1. The van der Waals surface area contributed by atoms with Crippen LogP contribution in [0.5, 0.6) is 0 Å². The van der Waals surface area contributed by atoms with E-state index in [-0.39, 0.29) is 24.5 Å². The predicted molar refractivity (Wildman–Crippen MR) is 64.2 cm³/mol. The highest BCUT2D eigenvalue weighted by molar-refractivity contribution is 5.79. The van der Waals surface area contributed by atoms with Crippen molar-refractivity contribution in [3.8, 4) is 0 Å². The molecule has 1 amide bonds. The molecule has 6 nitrogen and oxygen atoms in total. The first kappa shape index (κ1) is 13.3. The highest BCUT2D eigenvalue weighted by Gasteiger charge is 2.30. The lowest BCUT2D eigenvalue weighted by molar-refractivity contribution is -0.147. The van der Waals surface area contributed by atoms with Crippen LogP contribution in [-0.4, -0.2) is 60.8 Å². The van der Waals surface area contributed by atoms with Crippen molar-refractivity contribution in [3.05, 3.63) is 0 Å². The van der Waals surface area contributed by atoms with Gasteiger partial charge in [-0.25, -0.2) is 4.79 Å². The van der Waals surface area contributed by atoms with Gasteiger partial charge in [0.05, 0.1) is 12.0 Å². The van der Waals surface area contributed by atoms with E-state index in [9.17, 15) is 9.59 Å². The van der Waals surface area contributed by atoms with E-state index in [0.717, 1.165) is 32.4 Å². The van der Waals surface area contributed by atoms with Crippen molar-refractivity contribution in [2.45, 2.75) is 25.4 Å². The Morgan fingerprint density at radius 3 is 2.56 bits per heavy atom. The summed E-state index contributed by atoms with van der Waals surface area (Å²) in [5.74, 6) is -0.580. The first-order chi connectivity index (χ1) is 8.66. The molecule has 1 unspecified atom stereocenters. The number of nitrogens with zero attached hydrogens (tertiary/aromatic N) is 1. The fourth-order valence-electron chi connectivity index (χ4n) is 2.56. The Labute approximate surface area is 106 Å². The summed E-state index contributed by atoms with van der Waals surface area (Å²) in [6.45, 7) is 2.83. The zero-order valence-corrected chi connectivity index (χ0v) is 10.4. The Morgan fingerprint density at radius 2 is 2.00 bits per heavy atom. The van der Waals surface area contributed by atoms with Gasteiger partial charge in [-0.15, -0.1) is 0 Å². The SMILES string of the molecule is O=C(O)COC1CCN(C(=O)C2CCNC2)CC1. The van der Waals surface area contributed by atoms with E-state index in [4.69, 9.17) is 9.84 Å². The molecule has 0 aromatic heterocycles. The molecular weight excluding hydrogens is 236 g/mol. The molecule has 0 spiro atoms. The monoisotopic (exact) mass is 256 g/mol. The number of ether oxygens (including phenoxy) is 1. The van der Waals surface area contributed by atoms with Crippen molar-refractivity contribution in [1.82, 2.24) is 10.2 Å². The molecule has 0 bridgehead atoms. The van der Waals surface area contributed by atoms with Crippen molar-refractivity contribution < 1.29 is 19.4 Å². The Bertz CT molecular complexity index is 307. The van der Waals surface area contributed by atoms with Gasteiger partial charge in [0.25, 0.3) is 0 Å². The van der Waals surface area contributed by atoms with Gasteiger partial charge in [-0.1, -0.05) is 0 Å². The van der Waals surface area contributed by atoms with Gasteiger partial charge >= 0.3 is 5.97 Å². The quantitative estimate of drug-likeness (QED) is 0.721. The summed E-state index contributed by atoms with van der Waals surface area (Å²) in [5.41, 5.74) is 0. The average Bonchev–Trinajstić information content (AvgIpc) is 2.90. The van der Waals surface area contributed by atoms with E-state index in [2.05, 4.69) is 5.32 Å². The maximum atomic E-state index is 12.1. The summed E-state index contributed by atoms with van der Waals surface area (Å²) < 4.78 is 5.25. The van der Waals surface area contributed by atoms with Crippen LogP contribution in [0.25, 0.3) is 0 Å². The van der Waals surface area contributed by atoms with Gasteiger partial charge in [0.2, 0.25) is 5.91 Å². The Kier molecular flexibility index (Phi) is 4.54. The van der Waals surface area contributed by atoms with Gasteiger partial charge in [0.15, 0.2) is 0 Å². The third kappa shape index (κ3) is 3.43. The number of carboxylic acids is 1. The Morgan fingerprint density at radius 1 is 1.28 bits per heavy atom. The molecule has 0 aliphatic carbocycles. The molecule has 18 heavy (non-hydrogen) atoms. The second-order valence-corrected chi connectivity index (χ2v) is 4.92. The van der Waals surface area contributed by atoms with Crippen LogP contribution < -0.4 is 5.32 Å². The van der Waals surface area contributed by atoms with Gasteiger partial charge in [0, 0.05) is 19.6 Å². The molecule has 2 fully saturated rings. The van der Waals surface area contributed by atoms with Gasteiger partial charge in [0.1, 0.15) is 6.61 Å². The molecule has 0 aromatic carbocycles. The molecule has 6 heteroatoms. The highest BCUT2D eigenvalue weighted by atomic mass is 16.5. The molecule has 2 N–H and O–H groups in total. The number of carbonyl (C=O) groups excluding carboxylic acids is 1. The zero-order valence-electron chi connectivity index (χ0n) is 10.4. The average molecular weight is 256 g/mol. The fraction of sp³-hybridized carbons (Fsp3) is 0.833. The standard InChI is InChI=1S/C12H20N2O4/c15-11(16)8-18-10-2-5-14(6-3-10)12(17)9-1-4-13-7-9/h9-10,13H,1-8H2,(H,15,16). The van der Waals surface area contributed by atoms with Crippen molar-refractivity contribution in [2.24, 2.45) is 5.92 Å². The van der Waals surface area contributed by atoms with E-state index in [1.54, 1.807) is 0 Å². The van der Waals surface area contributed by atoms with Crippen LogP contribution in [0.2, 0.25) is 0 Å². The van der Waals surface area contributed by atoms with E-state index in [1.807, 2.05) is 4.90 Å². The van der Waals surface area contributed by atoms with Crippen LogP contribution in [0.4, 0.5) is 0 Å². The lowest BCUT2D eigenvalue weighted by Crippen LogP contribution is -2.44. The van der Waals surface area contributed by atoms with Crippen LogP contribution in [0.3, 0.4) is 0 Å². The van der Waals surface area contributed by atoms with Crippen LogP contribution in [0.15, 0.2) is 0 Å². The number of amides is 1. The predicted octanol–water partition coefficient (Wildman–Crippen LogP) is -0.312. The van der Waals surface area contributed by atoms with Crippen molar-refractivity contribution in [1.29, 1.82) is 0 Å². The minimum atomic E-state index is -0.939. The summed E-state index contributed by atoms with van der Waals surface area (Å²) in [5, 5.41) is 11.7. The lowest BCUT2D eigenvalue weighted by Gasteiger charge is -2.33. The van der Waals surface area contributed by atoms with Gasteiger partial charge in [-0.3, -0.25) is 4.79 Å². The Hall–Kier alpha value is -1.14. The first-order valence-electron chi connectivity index (χ1n) is 6.49. The fourth-order valence-corrected chi connectivity index (χ4v) is 2.56. The normalized spacial score (nSPS) is 25.3. The third-order valence-electron chi connectivity index (χ3n) is 3.61. The van der Waals surface area contributed by atoms with Crippen LogP contribution >= 0.6 is 0 Å². The summed E-state index contributed by atoms with van der Waals surface area (Å²) in [6, 6.07) is 0. The summed E-state index contributed by atoms with van der Waals surface area (Å²) in [6.07, 6.45) is 2.37. The van der Waals surface area contributed by atoms with Crippen LogP contribution in [-0.2, 0) is 14.3 Å². The molecule has 2 aliphatic rings. The molecule has 0 radical (unpaired) electrons. The minimum absolute atomic E-state index is 0.0214. The van der Waals surface area contributed by atoms with Crippen molar-refractivity contribution >= 4 is 11.9 Å². The van der Waals surface area contributed by atoms with Crippen LogP contribution in [0, 0.1) is 5.92 Å². The maximum absolute atomic E-state index is 12.1. The van der Waals surface area contributed by atoms with Crippen molar-refractivity contribution in [3.63, 3.8) is 0 Å². The maximum Gasteiger partial charge on any atom is 0.329 e. The number of aliphatic carboxylic acids is 1. The number of nitrogens with one attached hydrogen (secondary N) is 1. The molecular formula is C12H20N2O4. The highest BCUT2D eigenvalue weighted by Crippen LogP contribution is 2.18. The second-order valence-electron chi connectivity index (χ2n) is 4.92. The van der Waals surface area contributed by atoms with Gasteiger partial charge < -0.3 is 20.1 Å². The molecule has 2 aliphatic heterocycles. The molecule has 102 valence electrons. The second kappa shape index (κ2) is 6.15. The molecule has 2 rings (SSSR count).